The lowest BCUT2D eigenvalue weighted by molar-refractivity contribution is -0.894. The first-order chi connectivity index (χ1) is 18.4. The van der Waals surface area contributed by atoms with Crippen LogP contribution in [0, 0.1) is 34.5 Å². The number of rotatable bonds is 3. The van der Waals surface area contributed by atoms with E-state index in [-0.39, 0.29) is 58.1 Å². The summed E-state index contributed by atoms with van der Waals surface area (Å²) in [7, 11) is 4.67. The molecule has 0 spiro atoms. The van der Waals surface area contributed by atoms with Crippen LogP contribution in [0.25, 0.3) is 0 Å². The molecule has 6 aliphatic rings. The van der Waals surface area contributed by atoms with Crippen LogP contribution in [0.1, 0.15) is 78.6 Å². The fraction of sp³-hybridized carbons (Fsp3) is 0.969. The first-order valence-corrected chi connectivity index (χ1v) is 16.2. The van der Waals surface area contributed by atoms with E-state index in [1.165, 1.54) is 25.7 Å². The van der Waals surface area contributed by atoms with Gasteiger partial charge in [-0.15, -0.1) is 0 Å². The Balaban J connectivity index is 0.00000323. The molecule has 7 nitrogen and oxygen atoms in total. The van der Waals surface area contributed by atoms with Gasteiger partial charge in [-0.3, -0.25) is 14.6 Å². The number of nitrogens with zero attached hydrogens (tertiary/aromatic N) is 3. The number of likely N-dealkylation sites (N-methyl/N-ethyl adjacent to an activating group) is 1. The summed E-state index contributed by atoms with van der Waals surface area (Å²) in [6.45, 7) is 13.0. The molecule has 0 bridgehead atoms. The number of quaternary nitrogens is 1. The standard InChI is InChI=1S/C32H56N3O4.BrH/c1-21(36)39-30-27(34-14-16-35(4,5)17-15-34)19-26-24-7-6-22-18-29(38)28(33-12-9-23(37)10-13-33)20-32(22,3)25(24)8-11-31(26,30)2;/h22-30,37-38H,6-20H2,1-5H3;1H/q+1;/p-1/t22-,24?,25?,26?,27-,28-,29-,30-,31-,32-;/m0./s1. The van der Waals surface area contributed by atoms with E-state index in [9.17, 15) is 15.0 Å². The van der Waals surface area contributed by atoms with Crippen LogP contribution in [0.4, 0.5) is 0 Å². The van der Waals surface area contributed by atoms with Gasteiger partial charge in [-0.25, -0.2) is 0 Å². The molecular formula is C32H56BrN3O4. The van der Waals surface area contributed by atoms with Crippen molar-refractivity contribution in [2.45, 2.75) is 109 Å². The van der Waals surface area contributed by atoms with Gasteiger partial charge in [0.25, 0.3) is 0 Å². The van der Waals surface area contributed by atoms with E-state index in [4.69, 9.17) is 4.74 Å². The maximum atomic E-state index is 12.4. The molecule has 3 unspecified atom stereocenters. The van der Waals surface area contributed by atoms with Crippen molar-refractivity contribution in [2.75, 3.05) is 53.4 Å². The lowest BCUT2D eigenvalue weighted by Crippen LogP contribution is -3.00. The van der Waals surface area contributed by atoms with E-state index in [0.29, 0.717) is 29.7 Å². The van der Waals surface area contributed by atoms with E-state index in [1.807, 2.05) is 0 Å². The van der Waals surface area contributed by atoms with Crippen LogP contribution in [0.15, 0.2) is 0 Å². The largest absolute Gasteiger partial charge is 1.00 e. The number of likely N-dealkylation sites (tertiary alicyclic amines) is 1. The van der Waals surface area contributed by atoms with Crippen molar-refractivity contribution in [1.82, 2.24) is 9.80 Å². The van der Waals surface area contributed by atoms with Crippen molar-refractivity contribution < 1.29 is 41.2 Å². The van der Waals surface area contributed by atoms with Crippen molar-refractivity contribution >= 4 is 5.97 Å². The molecule has 2 aliphatic heterocycles. The number of piperidine rings is 1. The number of hydrogen-bond acceptors (Lipinski definition) is 6. The van der Waals surface area contributed by atoms with Gasteiger partial charge in [0.2, 0.25) is 0 Å². The van der Waals surface area contributed by atoms with Crippen LogP contribution in [0.2, 0.25) is 0 Å². The SMILES string of the molecule is CC(=O)O[C@H]1[C@@H](N2CC[N+](C)(C)CC2)CC2C3CC[C@H]4C[C@H](O)[C@@H](N5CCC(O)CC5)C[C@]4(C)C3CC[C@@]21C.[Br-]. The maximum absolute atomic E-state index is 12.4. The Labute approximate surface area is 253 Å². The van der Waals surface area contributed by atoms with Gasteiger partial charge in [0.05, 0.1) is 39.4 Å². The minimum atomic E-state index is -0.241. The molecule has 230 valence electrons. The van der Waals surface area contributed by atoms with Crippen molar-refractivity contribution in [3.8, 4) is 0 Å². The molecule has 0 aromatic heterocycles. The van der Waals surface area contributed by atoms with Crippen molar-refractivity contribution in [2.24, 2.45) is 34.5 Å². The molecule has 6 fully saturated rings. The number of ether oxygens (including phenoxy) is 1. The minimum Gasteiger partial charge on any atom is -1.00 e. The second-order valence-corrected chi connectivity index (χ2v) is 15.8. The third-order valence-corrected chi connectivity index (χ3v) is 13.3. The van der Waals surface area contributed by atoms with Crippen LogP contribution in [-0.2, 0) is 9.53 Å². The number of halogens is 1. The molecule has 40 heavy (non-hydrogen) atoms. The van der Waals surface area contributed by atoms with Crippen LogP contribution in [0.5, 0.6) is 0 Å². The summed E-state index contributed by atoms with van der Waals surface area (Å²) in [5, 5.41) is 21.4. The summed E-state index contributed by atoms with van der Waals surface area (Å²) < 4.78 is 7.37. The molecule has 0 amide bonds. The molecule has 4 saturated carbocycles. The topological polar surface area (TPSA) is 73.2 Å². The highest BCUT2D eigenvalue weighted by Crippen LogP contribution is 2.67. The number of aliphatic hydroxyl groups excluding tert-OH is 2. The van der Waals surface area contributed by atoms with Gasteiger partial charge >= 0.3 is 5.97 Å². The zero-order valence-electron chi connectivity index (χ0n) is 25.7. The van der Waals surface area contributed by atoms with Gasteiger partial charge in [-0.1, -0.05) is 13.8 Å². The molecule has 10 atom stereocenters. The predicted molar refractivity (Wildman–Crippen MR) is 152 cm³/mol. The highest BCUT2D eigenvalue weighted by Gasteiger charge is 2.65. The number of carbonyl (C=O) groups is 1. The minimum absolute atomic E-state index is 0. The number of esters is 1. The summed E-state index contributed by atoms with van der Waals surface area (Å²) in [6.07, 6.45) is 9.31. The second kappa shape index (κ2) is 11.4. The van der Waals surface area contributed by atoms with Crippen molar-refractivity contribution in [3.05, 3.63) is 0 Å². The zero-order valence-corrected chi connectivity index (χ0v) is 27.3. The normalized spacial score (nSPS) is 47.9. The van der Waals surface area contributed by atoms with E-state index >= 15 is 0 Å². The van der Waals surface area contributed by atoms with Crippen molar-refractivity contribution in [1.29, 1.82) is 0 Å². The number of fused-ring (bicyclic) bond motifs is 5. The summed E-state index contributed by atoms with van der Waals surface area (Å²) in [6, 6.07) is 0.569. The van der Waals surface area contributed by atoms with Crippen LogP contribution < -0.4 is 17.0 Å². The Morgan fingerprint density at radius 1 is 0.850 bits per heavy atom. The molecule has 8 heteroatoms. The third kappa shape index (κ3) is 5.34. The van der Waals surface area contributed by atoms with Gasteiger partial charge in [0.1, 0.15) is 6.10 Å². The molecule has 6 rings (SSSR count). The van der Waals surface area contributed by atoms with Gasteiger partial charge in [0, 0.05) is 50.6 Å². The van der Waals surface area contributed by atoms with Gasteiger partial charge in [-0.05, 0) is 86.9 Å². The van der Waals surface area contributed by atoms with Crippen LogP contribution in [0.3, 0.4) is 0 Å². The van der Waals surface area contributed by atoms with Gasteiger partial charge in [-0.2, -0.15) is 0 Å². The Bertz CT molecular complexity index is 918. The van der Waals surface area contributed by atoms with Gasteiger partial charge in [0.15, 0.2) is 0 Å². The van der Waals surface area contributed by atoms with Gasteiger partial charge < -0.3 is 36.4 Å². The Kier molecular flexibility index (Phi) is 8.85. The Morgan fingerprint density at radius 2 is 1.50 bits per heavy atom. The summed E-state index contributed by atoms with van der Waals surface area (Å²) in [4.78, 5) is 17.6. The number of carbonyl (C=O) groups excluding carboxylic acids is 1. The third-order valence-electron chi connectivity index (χ3n) is 13.3. The molecular weight excluding hydrogens is 570 g/mol. The number of aliphatic hydroxyl groups is 2. The van der Waals surface area contributed by atoms with E-state index in [0.717, 1.165) is 75.9 Å². The second-order valence-electron chi connectivity index (χ2n) is 15.8. The lowest BCUT2D eigenvalue weighted by Gasteiger charge is -2.62. The summed E-state index contributed by atoms with van der Waals surface area (Å²) in [5.41, 5.74) is 0.310. The zero-order chi connectivity index (χ0) is 27.7. The van der Waals surface area contributed by atoms with E-state index < -0.39 is 0 Å². The molecule has 4 aliphatic carbocycles. The molecule has 0 aromatic carbocycles. The van der Waals surface area contributed by atoms with E-state index in [1.54, 1.807) is 6.92 Å². The molecule has 2 N–H and O–H groups in total. The molecule has 0 aromatic rings. The van der Waals surface area contributed by atoms with Crippen LogP contribution in [-0.4, -0.2) is 114 Å². The lowest BCUT2D eigenvalue weighted by atomic mass is 9.44. The fourth-order valence-corrected chi connectivity index (χ4v) is 10.9. The number of hydrogen-bond donors (Lipinski definition) is 2. The maximum Gasteiger partial charge on any atom is 0.302 e. The number of piperazine rings is 1. The van der Waals surface area contributed by atoms with Crippen LogP contribution >= 0.6 is 0 Å². The fourth-order valence-electron chi connectivity index (χ4n) is 10.9. The first-order valence-electron chi connectivity index (χ1n) is 16.2. The summed E-state index contributed by atoms with van der Waals surface area (Å²) in [5.74, 6) is 2.46. The highest BCUT2D eigenvalue weighted by molar-refractivity contribution is 5.66. The molecule has 2 saturated heterocycles. The smallest absolute Gasteiger partial charge is 0.302 e. The molecule has 0 radical (unpaired) electrons. The molecule has 2 heterocycles. The Morgan fingerprint density at radius 3 is 2.15 bits per heavy atom. The highest BCUT2D eigenvalue weighted by atomic mass is 79.9. The Hall–Kier alpha value is -0.250. The average molecular weight is 627 g/mol. The van der Waals surface area contributed by atoms with E-state index in [2.05, 4.69) is 37.7 Å². The average Bonchev–Trinajstić information content (AvgIpc) is 3.16. The summed E-state index contributed by atoms with van der Waals surface area (Å²) >= 11 is 0. The van der Waals surface area contributed by atoms with Crippen molar-refractivity contribution in [3.63, 3.8) is 0 Å². The quantitative estimate of drug-likeness (QED) is 0.343. The first kappa shape index (κ1) is 31.2. The monoisotopic (exact) mass is 625 g/mol. The predicted octanol–water partition coefficient (Wildman–Crippen LogP) is 0.131.